The lowest BCUT2D eigenvalue weighted by molar-refractivity contribution is 0.446. The van der Waals surface area contributed by atoms with Crippen molar-refractivity contribution >= 4 is 5.95 Å². The summed E-state index contributed by atoms with van der Waals surface area (Å²) in [6, 6.07) is 1.98. The Morgan fingerprint density at radius 3 is 2.26 bits per heavy atom. The van der Waals surface area contributed by atoms with E-state index in [4.69, 9.17) is 0 Å². The van der Waals surface area contributed by atoms with E-state index in [0.717, 1.165) is 12.1 Å². The first-order valence-corrected chi connectivity index (χ1v) is 5.86. The van der Waals surface area contributed by atoms with E-state index in [2.05, 4.69) is 10.3 Å². The van der Waals surface area contributed by atoms with Gasteiger partial charge in [0.2, 0.25) is 5.95 Å². The van der Waals surface area contributed by atoms with Crippen molar-refractivity contribution in [3.63, 3.8) is 0 Å². The van der Waals surface area contributed by atoms with Gasteiger partial charge in [-0.3, -0.25) is 4.57 Å². The fraction of sp³-hybridized carbons (Fsp3) is 0.308. The Morgan fingerprint density at radius 2 is 1.74 bits per heavy atom. The van der Waals surface area contributed by atoms with Crippen molar-refractivity contribution in [1.29, 1.82) is 0 Å². The summed E-state index contributed by atoms with van der Waals surface area (Å²) in [6.45, 7) is 5.60. The fourth-order valence-corrected chi connectivity index (χ4v) is 1.74. The zero-order valence-corrected chi connectivity index (χ0v) is 10.8. The largest absolute Gasteiger partial charge is 0.353 e. The van der Waals surface area contributed by atoms with Crippen LogP contribution in [-0.2, 0) is 0 Å². The van der Waals surface area contributed by atoms with Crippen LogP contribution in [0.1, 0.15) is 19.5 Å². The Morgan fingerprint density at radius 1 is 1.16 bits per heavy atom. The van der Waals surface area contributed by atoms with Crippen LogP contribution in [-0.4, -0.2) is 15.6 Å². The Bertz CT molecular complexity index is 582. The average Bonchev–Trinajstić information content (AvgIpc) is 2.65. The Balaban J connectivity index is 2.52. The molecular weight excluding hydrogens is 255 g/mol. The lowest BCUT2D eigenvalue weighted by Crippen LogP contribution is -2.14. The number of imidazole rings is 1. The monoisotopic (exact) mass is 269 g/mol. The van der Waals surface area contributed by atoms with Crippen molar-refractivity contribution in [2.45, 2.75) is 26.8 Å². The van der Waals surface area contributed by atoms with E-state index in [1.807, 2.05) is 13.8 Å². The van der Waals surface area contributed by atoms with Crippen molar-refractivity contribution in [3.8, 4) is 5.69 Å². The SMILES string of the molecule is Cc1cn(-c2cc(F)c(F)c(F)c2)c(NC(C)C)n1. The Kier molecular flexibility index (Phi) is 3.50. The lowest BCUT2D eigenvalue weighted by atomic mass is 10.3. The topological polar surface area (TPSA) is 29.9 Å². The van der Waals surface area contributed by atoms with Gasteiger partial charge < -0.3 is 5.32 Å². The minimum Gasteiger partial charge on any atom is -0.353 e. The van der Waals surface area contributed by atoms with Crippen molar-refractivity contribution in [2.75, 3.05) is 5.32 Å². The highest BCUT2D eigenvalue weighted by Crippen LogP contribution is 2.21. The highest BCUT2D eigenvalue weighted by molar-refractivity contribution is 5.44. The molecule has 1 N–H and O–H groups in total. The number of halogens is 3. The molecule has 19 heavy (non-hydrogen) atoms. The molecule has 0 fully saturated rings. The molecule has 1 heterocycles. The predicted octanol–water partition coefficient (Wildman–Crippen LogP) is 3.42. The summed E-state index contributed by atoms with van der Waals surface area (Å²) in [7, 11) is 0. The number of rotatable bonds is 3. The van der Waals surface area contributed by atoms with E-state index in [1.54, 1.807) is 13.1 Å². The first-order valence-electron chi connectivity index (χ1n) is 5.86. The second kappa shape index (κ2) is 4.95. The van der Waals surface area contributed by atoms with E-state index in [-0.39, 0.29) is 11.7 Å². The van der Waals surface area contributed by atoms with Crippen LogP contribution in [0.4, 0.5) is 19.1 Å². The maximum absolute atomic E-state index is 13.3. The molecule has 0 aliphatic heterocycles. The van der Waals surface area contributed by atoms with E-state index < -0.39 is 17.5 Å². The van der Waals surface area contributed by atoms with Crippen LogP contribution < -0.4 is 5.32 Å². The molecule has 0 amide bonds. The van der Waals surface area contributed by atoms with Crippen LogP contribution in [0, 0.1) is 24.4 Å². The number of aromatic nitrogens is 2. The standard InChI is InChI=1S/C13H14F3N3/c1-7(2)17-13-18-8(3)6-19(13)9-4-10(14)12(16)11(15)5-9/h4-7H,1-3H3,(H,17,18). The van der Waals surface area contributed by atoms with Gasteiger partial charge in [-0.05, 0) is 20.8 Å². The van der Waals surface area contributed by atoms with Gasteiger partial charge in [-0.1, -0.05) is 0 Å². The van der Waals surface area contributed by atoms with Crippen LogP contribution in [0.15, 0.2) is 18.3 Å². The highest BCUT2D eigenvalue weighted by Gasteiger charge is 2.14. The summed E-state index contributed by atoms with van der Waals surface area (Å²) in [4.78, 5) is 4.22. The summed E-state index contributed by atoms with van der Waals surface area (Å²) in [5.74, 6) is -3.47. The molecule has 0 radical (unpaired) electrons. The summed E-state index contributed by atoms with van der Waals surface area (Å²) in [5, 5.41) is 3.06. The maximum atomic E-state index is 13.3. The van der Waals surface area contributed by atoms with Crippen LogP contribution in [0.25, 0.3) is 5.69 Å². The molecule has 0 bridgehead atoms. The number of benzene rings is 1. The number of hydrogen-bond donors (Lipinski definition) is 1. The van der Waals surface area contributed by atoms with Crippen LogP contribution in [0.2, 0.25) is 0 Å². The zero-order chi connectivity index (χ0) is 14.2. The van der Waals surface area contributed by atoms with Gasteiger partial charge in [0.25, 0.3) is 0 Å². The molecule has 102 valence electrons. The number of hydrogen-bond acceptors (Lipinski definition) is 2. The minimum atomic E-state index is -1.47. The van der Waals surface area contributed by atoms with Gasteiger partial charge in [-0.25, -0.2) is 18.2 Å². The second-order valence-corrected chi connectivity index (χ2v) is 4.60. The first-order chi connectivity index (χ1) is 8.88. The molecule has 0 aliphatic rings. The molecule has 0 saturated heterocycles. The fourth-order valence-electron chi connectivity index (χ4n) is 1.74. The summed E-state index contributed by atoms with van der Waals surface area (Å²) in [5.41, 5.74) is 0.869. The molecule has 0 aliphatic carbocycles. The van der Waals surface area contributed by atoms with Crippen molar-refractivity contribution < 1.29 is 13.2 Å². The molecular formula is C13H14F3N3. The van der Waals surface area contributed by atoms with E-state index in [1.165, 1.54) is 4.57 Å². The molecule has 0 spiro atoms. The third-order valence-electron chi connectivity index (χ3n) is 2.49. The quantitative estimate of drug-likeness (QED) is 0.865. The van der Waals surface area contributed by atoms with Gasteiger partial charge in [0.15, 0.2) is 17.5 Å². The van der Waals surface area contributed by atoms with Crippen LogP contribution >= 0.6 is 0 Å². The van der Waals surface area contributed by atoms with E-state index in [0.29, 0.717) is 11.6 Å². The van der Waals surface area contributed by atoms with Gasteiger partial charge >= 0.3 is 0 Å². The summed E-state index contributed by atoms with van der Waals surface area (Å²) < 4.78 is 41.0. The maximum Gasteiger partial charge on any atom is 0.207 e. The molecule has 1 aromatic carbocycles. The highest BCUT2D eigenvalue weighted by atomic mass is 19.2. The smallest absolute Gasteiger partial charge is 0.207 e. The molecule has 3 nitrogen and oxygen atoms in total. The number of nitrogens with zero attached hydrogens (tertiary/aromatic N) is 2. The number of nitrogens with one attached hydrogen (secondary N) is 1. The Hall–Kier alpha value is -1.98. The third kappa shape index (κ3) is 2.72. The second-order valence-electron chi connectivity index (χ2n) is 4.60. The van der Waals surface area contributed by atoms with Gasteiger partial charge in [-0.2, -0.15) is 0 Å². The first kappa shape index (κ1) is 13.5. The van der Waals surface area contributed by atoms with E-state index >= 15 is 0 Å². The van der Waals surface area contributed by atoms with Crippen LogP contribution in [0.3, 0.4) is 0 Å². The number of aryl methyl sites for hydroxylation is 1. The summed E-state index contributed by atoms with van der Waals surface area (Å²) >= 11 is 0. The molecule has 0 atom stereocenters. The molecule has 2 rings (SSSR count). The molecule has 1 aromatic heterocycles. The molecule has 0 unspecified atom stereocenters. The third-order valence-corrected chi connectivity index (χ3v) is 2.49. The van der Waals surface area contributed by atoms with Crippen molar-refractivity contribution in [2.24, 2.45) is 0 Å². The van der Waals surface area contributed by atoms with E-state index in [9.17, 15) is 13.2 Å². The Labute approximate surface area is 109 Å². The van der Waals surface area contributed by atoms with Crippen molar-refractivity contribution in [3.05, 3.63) is 41.5 Å². The minimum absolute atomic E-state index is 0.107. The molecule has 6 heteroatoms. The number of anilines is 1. The lowest BCUT2D eigenvalue weighted by Gasteiger charge is -2.12. The normalized spacial score (nSPS) is 11.1. The predicted molar refractivity (Wildman–Crippen MR) is 66.9 cm³/mol. The van der Waals surface area contributed by atoms with Gasteiger partial charge in [0.1, 0.15) is 0 Å². The zero-order valence-electron chi connectivity index (χ0n) is 10.8. The van der Waals surface area contributed by atoms with Gasteiger partial charge in [-0.15, -0.1) is 0 Å². The van der Waals surface area contributed by atoms with Crippen molar-refractivity contribution in [1.82, 2.24) is 9.55 Å². The average molecular weight is 269 g/mol. The van der Waals surface area contributed by atoms with Crippen LogP contribution in [0.5, 0.6) is 0 Å². The van der Waals surface area contributed by atoms with Gasteiger partial charge in [0, 0.05) is 24.4 Å². The van der Waals surface area contributed by atoms with Gasteiger partial charge in [0.05, 0.1) is 11.4 Å². The summed E-state index contributed by atoms with van der Waals surface area (Å²) in [6.07, 6.45) is 1.62. The molecule has 0 saturated carbocycles. The molecule has 2 aromatic rings.